The van der Waals surface area contributed by atoms with E-state index in [1.54, 1.807) is 12.2 Å². The molecule has 0 aromatic carbocycles. The van der Waals surface area contributed by atoms with Crippen LogP contribution >= 0.6 is 0 Å². The van der Waals surface area contributed by atoms with Crippen LogP contribution in [0.25, 0.3) is 0 Å². The monoisotopic (exact) mass is 451 g/mol. The predicted molar refractivity (Wildman–Crippen MR) is 131 cm³/mol. The molecule has 0 aliphatic rings. The van der Waals surface area contributed by atoms with Crippen LogP contribution in [-0.4, -0.2) is 45.3 Å². The van der Waals surface area contributed by atoms with Crippen LogP contribution in [0.3, 0.4) is 0 Å². The molecule has 32 heavy (non-hydrogen) atoms. The Morgan fingerprint density at radius 3 is 2.22 bits per heavy atom. The zero-order chi connectivity index (χ0) is 24.9. The van der Waals surface area contributed by atoms with Gasteiger partial charge < -0.3 is 25.8 Å². The molecule has 0 saturated heterocycles. The highest BCUT2D eigenvalue weighted by atomic mass is 16.6. The maximum absolute atomic E-state index is 11.0. The Balaban J connectivity index is 4.55. The summed E-state index contributed by atoms with van der Waals surface area (Å²) in [5.74, 6) is 0. The summed E-state index contributed by atoms with van der Waals surface area (Å²) in [6.45, 7) is 15.3. The molecule has 0 aliphatic heterocycles. The summed E-state index contributed by atoms with van der Waals surface area (Å²) in [5, 5.41) is 31.4. The second-order valence-electron chi connectivity index (χ2n) is 9.72. The number of carbonyl (C=O) groups is 1. The third-order valence-electron chi connectivity index (χ3n) is 6.10. The first-order valence-electron chi connectivity index (χ1n) is 11.4. The predicted octanol–water partition coefficient (Wildman–Crippen LogP) is 4.94. The minimum absolute atomic E-state index is 0.298. The Bertz CT molecular complexity index is 670. The van der Waals surface area contributed by atoms with E-state index in [-0.39, 0.29) is 5.41 Å². The number of amides is 1. The molecule has 0 aliphatic carbocycles. The molecule has 1 amide bonds. The van der Waals surface area contributed by atoms with Crippen molar-refractivity contribution in [2.24, 2.45) is 11.1 Å². The van der Waals surface area contributed by atoms with Crippen LogP contribution in [0.2, 0.25) is 0 Å². The van der Waals surface area contributed by atoms with Crippen molar-refractivity contribution in [3.8, 4) is 0 Å². The molecule has 0 rings (SSSR count). The molecule has 0 fully saturated rings. The lowest BCUT2D eigenvalue weighted by Gasteiger charge is -2.39. The van der Waals surface area contributed by atoms with Gasteiger partial charge in [-0.1, -0.05) is 63.3 Å². The lowest BCUT2D eigenvalue weighted by atomic mass is 9.72. The number of hydrogen-bond donors (Lipinski definition) is 4. The van der Waals surface area contributed by atoms with E-state index < -0.39 is 30.0 Å². The summed E-state index contributed by atoms with van der Waals surface area (Å²) in [4.78, 5) is 11.0. The van der Waals surface area contributed by atoms with Crippen molar-refractivity contribution in [3.05, 3.63) is 48.1 Å². The van der Waals surface area contributed by atoms with Gasteiger partial charge in [0, 0.05) is 12.8 Å². The molecule has 0 bridgehead atoms. The van der Waals surface area contributed by atoms with Crippen LogP contribution in [0, 0.1) is 5.41 Å². The van der Waals surface area contributed by atoms with Crippen molar-refractivity contribution in [1.29, 1.82) is 0 Å². The second kappa shape index (κ2) is 14.3. The van der Waals surface area contributed by atoms with Gasteiger partial charge in [-0.15, -0.1) is 0 Å². The van der Waals surface area contributed by atoms with Crippen LogP contribution in [0.15, 0.2) is 48.1 Å². The van der Waals surface area contributed by atoms with Gasteiger partial charge in [-0.2, -0.15) is 0 Å². The van der Waals surface area contributed by atoms with Crippen LogP contribution < -0.4 is 5.73 Å². The van der Waals surface area contributed by atoms with Crippen molar-refractivity contribution < 1.29 is 24.9 Å². The van der Waals surface area contributed by atoms with Crippen molar-refractivity contribution in [3.63, 3.8) is 0 Å². The molecular formula is C26H45NO5. The van der Waals surface area contributed by atoms with Gasteiger partial charge in [-0.25, -0.2) is 4.79 Å². The Morgan fingerprint density at radius 1 is 1.06 bits per heavy atom. The first-order valence-corrected chi connectivity index (χ1v) is 11.4. The maximum atomic E-state index is 11.0. The highest BCUT2D eigenvalue weighted by Crippen LogP contribution is 2.37. The number of ether oxygens (including phenoxy) is 1. The van der Waals surface area contributed by atoms with Gasteiger partial charge in [-0.05, 0) is 57.4 Å². The second-order valence-corrected chi connectivity index (χ2v) is 9.72. The summed E-state index contributed by atoms with van der Waals surface area (Å²) in [6.07, 6.45) is 9.46. The van der Waals surface area contributed by atoms with E-state index in [1.165, 1.54) is 0 Å². The number of rotatable bonds is 14. The molecule has 4 unspecified atom stereocenters. The smallest absolute Gasteiger partial charge is 0.404 e. The average Bonchev–Trinajstić information content (AvgIpc) is 2.65. The summed E-state index contributed by atoms with van der Waals surface area (Å²) in [7, 11) is 0. The third-order valence-corrected chi connectivity index (χ3v) is 6.10. The lowest BCUT2D eigenvalue weighted by molar-refractivity contribution is -0.00857. The van der Waals surface area contributed by atoms with Gasteiger partial charge in [-0.3, -0.25) is 0 Å². The van der Waals surface area contributed by atoms with Crippen molar-refractivity contribution in [1.82, 2.24) is 0 Å². The van der Waals surface area contributed by atoms with Crippen LogP contribution in [-0.2, 0) is 4.74 Å². The van der Waals surface area contributed by atoms with Gasteiger partial charge in [0.2, 0.25) is 0 Å². The first-order chi connectivity index (χ1) is 14.7. The van der Waals surface area contributed by atoms with E-state index in [9.17, 15) is 20.1 Å². The fourth-order valence-electron chi connectivity index (χ4n) is 3.33. The number of hydrogen-bond acceptors (Lipinski definition) is 5. The summed E-state index contributed by atoms with van der Waals surface area (Å²) >= 11 is 0. The Hall–Kier alpha value is -1.89. The summed E-state index contributed by atoms with van der Waals surface area (Å²) in [6, 6.07) is 0. The number of aliphatic hydroxyl groups excluding tert-OH is 2. The Kier molecular flexibility index (Phi) is 13.5. The Morgan fingerprint density at radius 2 is 1.69 bits per heavy atom. The standard InChI is InChI=1S/C26H45NO5/c1-8-9-11-16-23(32-24(27)30)18-22(29)15-13-10-12-14-21(28)17-19(2)20(3)26(7,31)25(4,5)6/h8-12,21-23,28-29,31H,1,13-18H2,2-7H3,(H2,27,30). The molecule has 0 radical (unpaired) electrons. The van der Waals surface area contributed by atoms with E-state index in [0.717, 1.165) is 11.1 Å². The quantitative estimate of drug-likeness (QED) is 0.221. The van der Waals surface area contributed by atoms with Crippen molar-refractivity contribution in [2.45, 2.75) is 104 Å². The van der Waals surface area contributed by atoms with E-state index in [0.29, 0.717) is 38.5 Å². The van der Waals surface area contributed by atoms with Crippen molar-refractivity contribution >= 4 is 6.09 Å². The van der Waals surface area contributed by atoms with Crippen LogP contribution in [0.1, 0.15) is 80.1 Å². The number of allylic oxidation sites excluding steroid dienone is 3. The number of nitrogens with two attached hydrogens (primary N) is 1. The van der Waals surface area contributed by atoms with Gasteiger partial charge in [0.25, 0.3) is 0 Å². The van der Waals surface area contributed by atoms with E-state index in [1.807, 2.05) is 59.8 Å². The van der Waals surface area contributed by atoms with E-state index >= 15 is 0 Å². The lowest BCUT2D eigenvalue weighted by Crippen LogP contribution is -2.41. The highest BCUT2D eigenvalue weighted by molar-refractivity contribution is 5.64. The van der Waals surface area contributed by atoms with Gasteiger partial charge in [0.15, 0.2) is 0 Å². The van der Waals surface area contributed by atoms with Crippen LogP contribution in [0.5, 0.6) is 0 Å². The van der Waals surface area contributed by atoms with Gasteiger partial charge >= 0.3 is 6.09 Å². The minimum atomic E-state index is -0.944. The molecule has 6 nitrogen and oxygen atoms in total. The van der Waals surface area contributed by atoms with Crippen molar-refractivity contribution in [2.75, 3.05) is 0 Å². The maximum Gasteiger partial charge on any atom is 0.404 e. The largest absolute Gasteiger partial charge is 0.446 e. The number of aliphatic hydroxyl groups is 3. The number of carbonyl (C=O) groups excluding carboxylic acids is 1. The summed E-state index contributed by atoms with van der Waals surface area (Å²) < 4.78 is 5.05. The topological polar surface area (TPSA) is 113 Å². The zero-order valence-corrected chi connectivity index (χ0v) is 20.8. The molecule has 0 aromatic heterocycles. The molecule has 0 spiro atoms. The molecular weight excluding hydrogens is 406 g/mol. The highest BCUT2D eigenvalue weighted by Gasteiger charge is 2.37. The molecule has 5 N–H and O–H groups in total. The van der Waals surface area contributed by atoms with Gasteiger partial charge in [0.1, 0.15) is 6.10 Å². The average molecular weight is 452 g/mol. The zero-order valence-electron chi connectivity index (χ0n) is 20.8. The third kappa shape index (κ3) is 11.7. The van der Waals surface area contributed by atoms with E-state index in [4.69, 9.17) is 10.5 Å². The molecule has 0 saturated carbocycles. The molecule has 6 heteroatoms. The molecule has 4 atom stereocenters. The first kappa shape index (κ1) is 30.1. The normalized spacial score (nSPS) is 18.2. The molecule has 0 heterocycles. The van der Waals surface area contributed by atoms with E-state index in [2.05, 4.69) is 6.58 Å². The minimum Gasteiger partial charge on any atom is -0.446 e. The summed E-state index contributed by atoms with van der Waals surface area (Å²) in [5.41, 5.74) is 5.75. The SMILES string of the molecule is C=CC=CCC(CC(O)CCC=CCC(O)CC(C)=C(C)C(C)(O)C(C)(C)C)OC(N)=O. The van der Waals surface area contributed by atoms with Crippen LogP contribution in [0.4, 0.5) is 4.79 Å². The fraction of sp³-hybridized carbons (Fsp3) is 0.654. The fourth-order valence-corrected chi connectivity index (χ4v) is 3.33. The molecule has 0 aromatic rings. The number of primary amides is 1. The Labute approximate surface area is 194 Å². The molecule has 184 valence electrons. The van der Waals surface area contributed by atoms with Gasteiger partial charge in [0.05, 0.1) is 17.8 Å².